The number of hydroxylamine groups is 3. The van der Waals surface area contributed by atoms with Gasteiger partial charge in [-0.25, -0.2) is 5.43 Å². The molecular formula is C14H29N5O2-2. The van der Waals surface area contributed by atoms with Crippen molar-refractivity contribution < 1.29 is 0 Å². The summed E-state index contributed by atoms with van der Waals surface area (Å²) >= 11 is 0. The normalized spacial score (nSPS) is 31.6. The molecule has 0 aromatic carbocycles. The Hall–Kier alpha value is -0.280. The minimum absolute atomic E-state index is 0.169. The van der Waals surface area contributed by atoms with Gasteiger partial charge in [0.2, 0.25) is 0 Å². The molecule has 0 radical (unpaired) electrons. The van der Waals surface area contributed by atoms with Crippen molar-refractivity contribution in [3.8, 4) is 0 Å². The second-order valence-electron chi connectivity index (χ2n) is 5.97. The van der Waals surface area contributed by atoms with Gasteiger partial charge in [-0.1, -0.05) is 26.7 Å². The summed E-state index contributed by atoms with van der Waals surface area (Å²) in [7, 11) is 0. The van der Waals surface area contributed by atoms with Crippen LogP contribution in [0.4, 0.5) is 0 Å². The molecule has 1 saturated heterocycles. The van der Waals surface area contributed by atoms with Crippen LogP contribution in [-0.4, -0.2) is 59.7 Å². The van der Waals surface area contributed by atoms with Gasteiger partial charge in [0.1, 0.15) is 6.29 Å². The molecule has 2 aliphatic rings. The van der Waals surface area contributed by atoms with Crippen LogP contribution >= 0.6 is 0 Å². The average Bonchev–Trinajstić information content (AvgIpc) is 2.52. The summed E-state index contributed by atoms with van der Waals surface area (Å²) in [6, 6.07) is -0.359. The third-order valence-corrected chi connectivity index (χ3v) is 4.71. The molecule has 3 unspecified atom stereocenters. The minimum Gasteiger partial charge on any atom is -0.783 e. The SMILES string of the molecule is CCN(CC)CCCNC1NN([O-])C2CCCCC2N1[O-]. The number of hydrogen-bond acceptors (Lipinski definition) is 7. The van der Waals surface area contributed by atoms with Crippen LogP contribution in [-0.2, 0) is 0 Å². The van der Waals surface area contributed by atoms with E-state index in [0.717, 1.165) is 68.5 Å². The summed E-state index contributed by atoms with van der Waals surface area (Å²) in [5, 5.41) is 29.5. The maximum absolute atomic E-state index is 12.4. The van der Waals surface area contributed by atoms with E-state index in [2.05, 4.69) is 29.5 Å². The topological polar surface area (TPSA) is 79.9 Å². The van der Waals surface area contributed by atoms with Crippen molar-refractivity contribution in [1.29, 1.82) is 0 Å². The van der Waals surface area contributed by atoms with Crippen LogP contribution in [0, 0.1) is 10.4 Å². The van der Waals surface area contributed by atoms with E-state index in [1.807, 2.05) is 0 Å². The highest BCUT2D eigenvalue weighted by atomic mass is 16.6. The molecule has 1 heterocycles. The zero-order valence-electron chi connectivity index (χ0n) is 13.3. The van der Waals surface area contributed by atoms with Crippen LogP contribution in [0.2, 0.25) is 0 Å². The molecule has 1 aliphatic heterocycles. The monoisotopic (exact) mass is 299 g/mol. The quantitative estimate of drug-likeness (QED) is 0.679. The molecular weight excluding hydrogens is 270 g/mol. The second kappa shape index (κ2) is 8.38. The third-order valence-electron chi connectivity index (χ3n) is 4.71. The van der Waals surface area contributed by atoms with Crippen LogP contribution in [0.3, 0.4) is 0 Å². The van der Waals surface area contributed by atoms with Crippen LogP contribution in [0.25, 0.3) is 0 Å². The smallest absolute Gasteiger partial charge is 0.115 e. The lowest BCUT2D eigenvalue weighted by Crippen LogP contribution is -2.71. The Morgan fingerprint density at radius 3 is 2.48 bits per heavy atom. The van der Waals surface area contributed by atoms with E-state index >= 15 is 0 Å². The van der Waals surface area contributed by atoms with Crippen LogP contribution in [0.15, 0.2) is 0 Å². The molecule has 7 heteroatoms. The minimum atomic E-state index is -0.585. The lowest BCUT2D eigenvalue weighted by Gasteiger charge is -2.59. The van der Waals surface area contributed by atoms with Crippen molar-refractivity contribution in [3.63, 3.8) is 0 Å². The fourth-order valence-corrected chi connectivity index (χ4v) is 3.34. The Balaban J connectivity index is 1.75. The zero-order chi connectivity index (χ0) is 15.2. The maximum atomic E-state index is 12.4. The predicted molar refractivity (Wildman–Crippen MR) is 83.8 cm³/mol. The number of hydrogen-bond donors (Lipinski definition) is 2. The molecule has 2 fully saturated rings. The Morgan fingerprint density at radius 1 is 1.14 bits per heavy atom. The highest BCUT2D eigenvalue weighted by molar-refractivity contribution is 4.94. The molecule has 3 atom stereocenters. The van der Waals surface area contributed by atoms with Gasteiger partial charge in [-0.3, -0.25) is 5.32 Å². The van der Waals surface area contributed by atoms with Crippen molar-refractivity contribution in [3.05, 3.63) is 10.4 Å². The van der Waals surface area contributed by atoms with E-state index in [1.165, 1.54) is 0 Å². The van der Waals surface area contributed by atoms with Gasteiger partial charge < -0.3 is 25.5 Å². The highest BCUT2D eigenvalue weighted by Crippen LogP contribution is 2.29. The first-order valence-corrected chi connectivity index (χ1v) is 8.31. The predicted octanol–water partition coefficient (Wildman–Crippen LogP) is 1.02. The van der Waals surface area contributed by atoms with Crippen molar-refractivity contribution in [1.82, 2.24) is 25.9 Å². The Labute approximate surface area is 127 Å². The number of nitrogens with one attached hydrogen (secondary N) is 2. The molecule has 1 saturated carbocycles. The second-order valence-corrected chi connectivity index (χ2v) is 5.97. The van der Waals surface area contributed by atoms with Gasteiger partial charge in [-0.2, -0.15) is 0 Å². The van der Waals surface area contributed by atoms with E-state index in [1.54, 1.807) is 0 Å². The number of nitrogens with zero attached hydrogens (tertiary/aromatic N) is 3. The van der Waals surface area contributed by atoms with Gasteiger partial charge in [0.05, 0.1) is 0 Å². The van der Waals surface area contributed by atoms with Gasteiger partial charge in [0, 0.05) is 12.1 Å². The Morgan fingerprint density at radius 2 is 1.81 bits per heavy atom. The Bertz CT molecular complexity index is 303. The molecule has 0 aromatic rings. The summed E-state index contributed by atoms with van der Waals surface area (Å²) in [5.41, 5.74) is 2.75. The standard InChI is InChI=1S/C14H29N5O2/c1-3-17(4-2)11-7-10-15-14-16-19(21)13-9-6-5-8-12(13)18(14)20/h12-16H,3-11H2,1-2H3/q-2. The van der Waals surface area contributed by atoms with Crippen molar-refractivity contribution >= 4 is 0 Å². The fraction of sp³-hybridized carbons (Fsp3) is 1.00. The summed E-state index contributed by atoms with van der Waals surface area (Å²) in [4.78, 5) is 2.35. The average molecular weight is 299 g/mol. The van der Waals surface area contributed by atoms with Crippen molar-refractivity contribution in [2.75, 3.05) is 26.2 Å². The molecule has 124 valence electrons. The lowest BCUT2D eigenvalue weighted by atomic mass is 9.89. The molecule has 2 rings (SSSR count). The van der Waals surface area contributed by atoms with E-state index in [4.69, 9.17) is 0 Å². The molecule has 1 aliphatic carbocycles. The fourth-order valence-electron chi connectivity index (χ4n) is 3.34. The van der Waals surface area contributed by atoms with Crippen molar-refractivity contribution in [2.45, 2.75) is 64.3 Å². The Kier molecular flexibility index (Phi) is 6.81. The number of rotatable bonds is 7. The van der Waals surface area contributed by atoms with Gasteiger partial charge in [-0.05, 0) is 45.4 Å². The third kappa shape index (κ3) is 4.35. The van der Waals surface area contributed by atoms with Crippen LogP contribution < -0.4 is 10.7 Å². The van der Waals surface area contributed by atoms with Crippen LogP contribution in [0.1, 0.15) is 46.0 Å². The molecule has 0 spiro atoms. The summed E-state index contributed by atoms with van der Waals surface area (Å²) in [6.45, 7) is 8.14. The van der Waals surface area contributed by atoms with E-state index in [-0.39, 0.29) is 12.1 Å². The van der Waals surface area contributed by atoms with E-state index in [0.29, 0.717) is 0 Å². The molecule has 7 nitrogen and oxygen atoms in total. The highest BCUT2D eigenvalue weighted by Gasteiger charge is 2.34. The maximum Gasteiger partial charge on any atom is 0.115 e. The first-order valence-electron chi connectivity index (χ1n) is 8.31. The molecule has 0 aromatic heterocycles. The van der Waals surface area contributed by atoms with Crippen LogP contribution in [0.5, 0.6) is 0 Å². The molecule has 0 amide bonds. The summed E-state index contributed by atoms with van der Waals surface area (Å²) in [5.74, 6) is 0. The van der Waals surface area contributed by atoms with Crippen molar-refractivity contribution in [2.24, 2.45) is 0 Å². The summed E-state index contributed by atoms with van der Waals surface area (Å²) < 4.78 is 0. The largest absolute Gasteiger partial charge is 0.783 e. The first-order chi connectivity index (χ1) is 10.2. The van der Waals surface area contributed by atoms with E-state index < -0.39 is 6.29 Å². The van der Waals surface area contributed by atoms with Gasteiger partial charge in [-0.15, -0.1) is 0 Å². The van der Waals surface area contributed by atoms with E-state index in [9.17, 15) is 10.4 Å². The molecule has 0 bridgehead atoms. The molecule has 2 N–H and O–H groups in total. The van der Waals surface area contributed by atoms with Gasteiger partial charge in [0.15, 0.2) is 0 Å². The first kappa shape index (κ1) is 17.1. The number of hydrazine groups is 1. The summed E-state index contributed by atoms with van der Waals surface area (Å²) in [6.07, 6.45) is 4.11. The number of fused-ring (bicyclic) bond motifs is 1. The van der Waals surface area contributed by atoms with Gasteiger partial charge in [0.25, 0.3) is 0 Å². The van der Waals surface area contributed by atoms with Gasteiger partial charge >= 0.3 is 0 Å². The lowest BCUT2D eigenvalue weighted by molar-refractivity contribution is -0.0548. The molecule has 21 heavy (non-hydrogen) atoms. The zero-order valence-corrected chi connectivity index (χ0v) is 13.3.